The zero-order valence-corrected chi connectivity index (χ0v) is 10.8. The van der Waals surface area contributed by atoms with Gasteiger partial charge in [-0.25, -0.2) is 0 Å². The Labute approximate surface area is 118 Å². The number of benzene rings is 2. The molecule has 0 saturated heterocycles. The lowest BCUT2D eigenvalue weighted by atomic mass is 10.1. The molecule has 2 aromatic rings. The summed E-state index contributed by atoms with van der Waals surface area (Å²) in [5, 5.41) is 24.9. The largest absolute Gasteiger partial charge is 0.452 e. The quantitative estimate of drug-likeness (QED) is 0.569. The van der Waals surface area contributed by atoms with Crippen molar-refractivity contribution in [3.05, 3.63) is 56.1 Å². The molecule has 0 aromatic heterocycles. The smallest absolute Gasteiger partial charge is 0.303 e. The monoisotopic (exact) mass is 287 g/mol. The number of nitro groups is 2. The van der Waals surface area contributed by atoms with Crippen LogP contribution in [0.15, 0.2) is 30.3 Å². The maximum absolute atomic E-state index is 11.1. The first kappa shape index (κ1) is 12.9. The van der Waals surface area contributed by atoms with Crippen LogP contribution < -0.4 is 10.1 Å². The van der Waals surface area contributed by atoms with E-state index in [1.807, 2.05) is 13.0 Å². The molecule has 0 unspecified atom stereocenters. The summed E-state index contributed by atoms with van der Waals surface area (Å²) in [6.45, 7) is 1.87. The minimum Gasteiger partial charge on any atom is -0.452 e. The van der Waals surface area contributed by atoms with E-state index in [9.17, 15) is 20.2 Å². The number of non-ortho nitro benzene ring substituents is 1. The predicted octanol–water partition coefficient (Wildman–Crippen LogP) is 3.66. The Kier molecular flexibility index (Phi) is 2.72. The van der Waals surface area contributed by atoms with Gasteiger partial charge in [0.2, 0.25) is 0 Å². The second kappa shape index (κ2) is 4.44. The number of hydrogen-bond donors (Lipinski definition) is 1. The molecule has 8 heteroatoms. The molecule has 0 fully saturated rings. The molecule has 21 heavy (non-hydrogen) atoms. The molecule has 0 aliphatic carbocycles. The SMILES string of the molecule is Cc1ccc2c(c1)Oc1cc([N+](=O)[O-])cc([N+](=O)[O-])c1N2. The Hall–Kier alpha value is -3.16. The topological polar surface area (TPSA) is 108 Å². The highest BCUT2D eigenvalue weighted by Gasteiger charge is 2.29. The van der Waals surface area contributed by atoms with Gasteiger partial charge < -0.3 is 10.1 Å². The van der Waals surface area contributed by atoms with Gasteiger partial charge in [-0.3, -0.25) is 20.2 Å². The minimum absolute atomic E-state index is 0.0639. The molecule has 1 aliphatic rings. The number of fused-ring (bicyclic) bond motifs is 2. The molecule has 1 aliphatic heterocycles. The number of nitrogens with one attached hydrogen (secondary N) is 1. The van der Waals surface area contributed by atoms with Crippen LogP contribution in [0.4, 0.5) is 22.7 Å². The number of anilines is 2. The van der Waals surface area contributed by atoms with Crippen molar-refractivity contribution in [3.8, 4) is 11.5 Å². The van der Waals surface area contributed by atoms with Gasteiger partial charge in [0.25, 0.3) is 5.69 Å². The van der Waals surface area contributed by atoms with Crippen LogP contribution in [-0.4, -0.2) is 9.85 Å². The van der Waals surface area contributed by atoms with Gasteiger partial charge in [-0.15, -0.1) is 0 Å². The van der Waals surface area contributed by atoms with Gasteiger partial charge in [0.15, 0.2) is 17.2 Å². The number of aryl methyl sites for hydroxylation is 1. The molecule has 0 radical (unpaired) electrons. The number of ether oxygens (including phenoxy) is 1. The Morgan fingerprint density at radius 3 is 2.48 bits per heavy atom. The average molecular weight is 287 g/mol. The summed E-state index contributed by atoms with van der Waals surface area (Å²) in [6.07, 6.45) is 0. The molecule has 0 atom stereocenters. The van der Waals surface area contributed by atoms with Crippen LogP contribution in [-0.2, 0) is 0 Å². The van der Waals surface area contributed by atoms with Gasteiger partial charge in [-0.1, -0.05) is 6.07 Å². The average Bonchev–Trinajstić information content (AvgIpc) is 2.43. The van der Waals surface area contributed by atoms with Gasteiger partial charge in [0.05, 0.1) is 27.7 Å². The van der Waals surface area contributed by atoms with Crippen molar-refractivity contribution >= 4 is 22.7 Å². The molecule has 0 spiro atoms. The van der Waals surface area contributed by atoms with E-state index >= 15 is 0 Å². The lowest BCUT2D eigenvalue weighted by Crippen LogP contribution is -2.06. The molecule has 0 bridgehead atoms. The molecule has 0 saturated carbocycles. The molecule has 1 N–H and O–H groups in total. The van der Waals surface area contributed by atoms with Gasteiger partial charge in [-0.2, -0.15) is 0 Å². The number of rotatable bonds is 2. The zero-order chi connectivity index (χ0) is 15.1. The first-order valence-electron chi connectivity index (χ1n) is 5.98. The first-order chi connectivity index (χ1) is 9.95. The minimum atomic E-state index is -0.692. The third-order valence-electron chi connectivity index (χ3n) is 3.09. The second-order valence-corrected chi connectivity index (χ2v) is 4.58. The summed E-state index contributed by atoms with van der Waals surface area (Å²) in [5.74, 6) is 0.534. The molecular formula is C13H9N3O5. The summed E-state index contributed by atoms with van der Waals surface area (Å²) in [6, 6.07) is 7.39. The van der Waals surface area contributed by atoms with Gasteiger partial charge >= 0.3 is 5.69 Å². The molecule has 1 heterocycles. The van der Waals surface area contributed by atoms with Crippen molar-refractivity contribution < 1.29 is 14.6 Å². The van der Waals surface area contributed by atoms with Crippen molar-refractivity contribution in [2.24, 2.45) is 0 Å². The van der Waals surface area contributed by atoms with Crippen molar-refractivity contribution in [1.29, 1.82) is 0 Å². The van der Waals surface area contributed by atoms with E-state index in [0.29, 0.717) is 11.4 Å². The van der Waals surface area contributed by atoms with Crippen molar-refractivity contribution in [2.75, 3.05) is 5.32 Å². The molecular weight excluding hydrogens is 278 g/mol. The summed E-state index contributed by atoms with van der Waals surface area (Å²) in [7, 11) is 0. The fourth-order valence-electron chi connectivity index (χ4n) is 2.11. The van der Waals surface area contributed by atoms with E-state index in [4.69, 9.17) is 4.74 Å². The fourth-order valence-corrected chi connectivity index (χ4v) is 2.11. The first-order valence-corrected chi connectivity index (χ1v) is 5.98. The number of nitrogens with zero attached hydrogens (tertiary/aromatic N) is 2. The standard InChI is InChI=1S/C13H9N3O5/c1-7-2-3-9-11(4-7)21-12-6-8(15(17)18)5-10(16(19)20)13(12)14-9/h2-6,14H,1H3. The number of nitro benzene ring substituents is 2. The molecule has 8 nitrogen and oxygen atoms in total. The van der Waals surface area contributed by atoms with Crippen LogP contribution in [0.5, 0.6) is 11.5 Å². The van der Waals surface area contributed by atoms with E-state index in [2.05, 4.69) is 5.32 Å². The van der Waals surface area contributed by atoms with Crippen LogP contribution in [0, 0.1) is 27.2 Å². The Balaban J connectivity index is 2.18. The van der Waals surface area contributed by atoms with E-state index in [1.165, 1.54) is 6.07 Å². The second-order valence-electron chi connectivity index (χ2n) is 4.58. The summed E-state index contributed by atoms with van der Waals surface area (Å²) < 4.78 is 5.57. The third-order valence-corrected chi connectivity index (χ3v) is 3.09. The van der Waals surface area contributed by atoms with Crippen molar-refractivity contribution in [3.63, 3.8) is 0 Å². The highest BCUT2D eigenvalue weighted by Crippen LogP contribution is 2.48. The van der Waals surface area contributed by atoms with Crippen molar-refractivity contribution in [1.82, 2.24) is 0 Å². The molecule has 106 valence electrons. The van der Waals surface area contributed by atoms with E-state index < -0.39 is 21.2 Å². The van der Waals surface area contributed by atoms with Gasteiger partial charge in [0, 0.05) is 0 Å². The fraction of sp³-hybridized carbons (Fsp3) is 0.0769. The molecule has 0 amide bonds. The highest BCUT2D eigenvalue weighted by atomic mass is 16.6. The third kappa shape index (κ3) is 2.12. The maximum atomic E-state index is 11.1. The normalized spacial score (nSPS) is 11.7. The Morgan fingerprint density at radius 1 is 1.05 bits per heavy atom. The van der Waals surface area contributed by atoms with Crippen LogP contribution >= 0.6 is 0 Å². The summed E-state index contributed by atoms with van der Waals surface area (Å²) in [4.78, 5) is 20.6. The van der Waals surface area contributed by atoms with Crippen LogP contribution in [0.25, 0.3) is 0 Å². The highest BCUT2D eigenvalue weighted by molar-refractivity contribution is 5.83. The van der Waals surface area contributed by atoms with E-state index in [-0.39, 0.29) is 11.4 Å². The number of hydrogen-bond acceptors (Lipinski definition) is 6. The van der Waals surface area contributed by atoms with E-state index in [0.717, 1.165) is 11.6 Å². The van der Waals surface area contributed by atoms with E-state index in [1.54, 1.807) is 12.1 Å². The lowest BCUT2D eigenvalue weighted by Gasteiger charge is -2.21. The summed E-state index contributed by atoms with van der Waals surface area (Å²) in [5.41, 5.74) is 0.842. The Bertz CT molecular complexity index is 788. The summed E-state index contributed by atoms with van der Waals surface area (Å²) >= 11 is 0. The van der Waals surface area contributed by atoms with Crippen LogP contribution in [0.1, 0.15) is 5.56 Å². The lowest BCUT2D eigenvalue weighted by molar-refractivity contribution is -0.393. The zero-order valence-electron chi connectivity index (χ0n) is 10.8. The van der Waals surface area contributed by atoms with Crippen LogP contribution in [0.2, 0.25) is 0 Å². The van der Waals surface area contributed by atoms with Crippen molar-refractivity contribution in [2.45, 2.75) is 6.92 Å². The maximum Gasteiger partial charge on any atom is 0.303 e. The molecule has 3 rings (SSSR count). The van der Waals surface area contributed by atoms with Crippen LogP contribution in [0.3, 0.4) is 0 Å². The van der Waals surface area contributed by atoms with Gasteiger partial charge in [-0.05, 0) is 24.6 Å². The van der Waals surface area contributed by atoms with Gasteiger partial charge in [0.1, 0.15) is 0 Å². The molecule has 2 aromatic carbocycles. The Morgan fingerprint density at radius 2 is 1.81 bits per heavy atom. The predicted molar refractivity (Wildman–Crippen MR) is 74.3 cm³/mol.